The summed E-state index contributed by atoms with van der Waals surface area (Å²) in [6, 6.07) is 4.51. The summed E-state index contributed by atoms with van der Waals surface area (Å²) in [4.78, 5) is 10.0. The molecule has 0 amide bonds. The molecule has 0 fully saturated rings. The van der Waals surface area contributed by atoms with Gasteiger partial charge in [0.15, 0.2) is 0 Å². The van der Waals surface area contributed by atoms with Crippen LogP contribution in [0.25, 0.3) is 0 Å². The number of rotatable bonds is 5. The van der Waals surface area contributed by atoms with Crippen molar-refractivity contribution in [2.45, 2.75) is 39.7 Å². The average Bonchev–Trinajstić information content (AvgIpc) is 2.75. The first-order valence-electron chi connectivity index (χ1n) is 6.70. The second-order valence-corrected chi connectivity index (χ2v) is 6.02. The lowest BCUT2D eigenvalue weighted by molar-refractivity contribution is 0.483. The predicted octanol–water partition coefficient (Wildman–Crippen LogP) is 3.61. The van der Waals surface area contributed by atoms with E-state index < -0.39 is 0 Å². The lowest BCUT2D eigenvalue weighted by atomic mass is 9.92. The van der Waals surface area contributed by atoms with Crippen molar-refractivity contribution in [3.63, 3.8) is 0 Å². The van der Waals surface area contributed by atoms with Crippen LogP contribution in [0.3, 0.4) is 0 Å². The zero-order valence-electron chi connectivity index (χ0n) is 12.0. The lowest BCUT2D eigenvalue weighted by Gasteiger charge is -2.24. The molecule has 1 N–H and O–H groups in total. The number of nitrogens with one attached hydrogen (secondary N) is 1. The van der Waals surface area contributed by atoms with Gasteiger partial charge in [-0.1, -0.05) is 13.8 Å². The third-order valence-electron chi connectivity index (χ3n) is 3.38. The maximum absolute atomic E-state index is 4.56. The van der Waals surface area contributed by atoms with Crippen LogP contribution in [0, 0.1) is 13.8 Å². The van der Waals surface area contributed by atoms with Gasteiger partial charge in [-0.05, 0) is 38.1 Å². The lowest BCUT2D eigenvalue weighted by Crippen LogP contribution is -2.25. The molecule has 0 aliphatic heterocycles. The normalized spacial score (nSPS) is 14.3. The maximum atomic E-state index is 4.56. The minimum atomic E-state index is 0.318. The zero-order chi connectivity index (χ0) is 13.8. The highest BCUT2D eigenvalue weighted by Crippen LogP contribution is 2.35. The first kappa shape index (κ1) is 14.2. The summed E-state index contributed by atoms with van der Waals surface area (Å²) in [5.41, 5.74) is 2.46. The molecular weight excluding hydrogens is 254 g/mol. The van der Waals surface area contributed by atoms with Gasteiger partial charge in [-0.15, -0.1) is 11.3 Å². The second-order valence-electron chi connectivity index (χ2n) is 4.79. The third-order valence-corrected chi connectivity index (χ3v) is 4.53. The first-order chi connectivity index (χ1) is 9.13. The van der Waals surface area contributed by atoms with Crippen LogP contribution in [0.5, 0.6) is 0 Å². The molecule has 0 saturated carbocycles. The Labute approximate surface area is 119 Å². The molecule has 0 radical (unpaired) electrons. The molecule has 0 bridgehead atoms. The van der Waals surface area contributed by atoms with Crippen molar-refractivity contribution in [1.82, 2.24) is 15.3 Å². The summed E-state index contributed by atoms with van der Waals surface area (Å²) < 4.78 is 0. The number of hydrogen-bond acceptors (Lipinski definition) is 4. The summed E-state index contributed by atoms with van der Waals surface area (Å²) >= 11 is 1.80. The molecule has 2 unspecified atom stereocenters. The van der Waals surface area contributed by atoms with E-state index in [9.17, 15) is 0 Å². The first-order valence-corrected chi connectivity index (χ1v) is 7.52. The number of aromatic nitrogens is 2. The fraction of sp³-hybridized carbons (Fsp3) is 0.467. The van der Waals surface area contributed by atoms with Crippen molar-refractivity contribution >= 4 is 11.3 Å². The van der Waals surface area contributed by atoms with Gasteiger partial charge in [0.1, 0.15) is 0 Å². The predicted molar refractivity (Wildman–Crippen MR) is 80.7 cm³/mol. The number of pyridine rings is 1. The van der Waals surface area contributed by atoms with E-state index in [0.717, 1.165) is 17.2 Å². The highest BCUT2D eigenvalue weighted by atomic mass is 32.1. The van der Waals surface area contributed by atoms with Crippen LogP contribution in [0.2, 0.25) is 0 Å². The molecule has 2 aromatic heterocycles. The maximum Gasteiger partial charge on any atom is 0.0900 e. The number of nitrogens with zero attached hydrogens (tertiary/aromatic N) is 2. The standard InChI is InChI=1S/C15H21N3S/c1-5-17-14(15-11(3)18-12(4)19-15)10(2)13-6-8-16-9-7-13/h6-10,14,17H,5H2,1-4H3. The molecule has 0 spiro atoms. The summed E-state index contributed by atoms with van der Waals surface area (Å²) in [5.74, 6) is 0.404. The Morgan fingerprint density at radius 2 is 1.95 bits per heavy atom. The van der Waals surface area contributed by atoms with Crippen molar-refractivity contribution in [2.24, 2.45) is 0 Å². The number of likely N-dealkylation sites (N-methyl/N-ethyl adjacent to an activating group) is 1. The Kier molecular flexibility index (Phi) is 4.66. The Balaban J connectivity index is 2.32. The van der Waals surface area contributed by atoms with Crippen molar-refractivity contribution in [2.75, 3.05) is 6.54 Å². The van der Waals surface area contributed by atoms with Gasteiger partial charge in [-0.3, -0.25) is 4.98 Å². The zero-order valence-corrected chi connectivity index (χ0v) is 12.8. The quantitative estimate of drug-likeness (QED) is 0.906. The van der Waals surface area contributed by atoms with E-state index in [1.165, 1.54) is 10.4 Å². The van der Waals surface area contributed by atoms with E-state index >= 15 is 0 Å². The minimum Gasteiger partial charge on any atom is -0.309 e. The average molecular weight is 275 g/mol. The van der Waals surface area contributed by atoms with E-state index in [2.05, 4.69) is 55.1 Å². The molecule has 0 aliphatic rings. The molecule has 19 heavy (non-hydrogen) atoms. The van der Waals surface area contributed by atoms with E-state index in [1.807, 2.05) is 12.4 Å². The van der Waals surface area contributed by atoms with Crippen LogP contribution in [0.15, 0.2) is 24.5 Å². The Morgan fingerprint density at radius 3 is 2.47 bits per heavy atom. The highest BCUT2D eigenvalue weighted by Gasteiger charge is 2.23. The molecule has 0 saturated heterocycles. The van der Waals surface area contributed by atoms with E-state index in [0.29, 0.717) is 12.0 Å². The van der Waals surface area contributed by atoms with E-state index in [1.54, 1.807) is 11.3 Å². The Bertz CT molecular complexity index is 521. The fourth-order valence-corrected chi connectivity index (χ4v) is 3.52. The summed E-state index contributed by atoms with van der Waals surface area (Å²) in [5, 5.41) is 4.74. The van der Waals surface area contributed by atoms with Gasteiger partial charge in [-0.25, -0.2) is 4.98 Å². The SMILES string of the molecule is CCNC(c1sc(C)nc1C)C(C)c1ccncc1. The minimum absolute atomic E-state index is 0.318. The Morgan fingerprint density at radius 1 is 1.26 bits per heavy atom. The van der Waals surface area contributed by atoms with Crippen molar-refractivity contribution in [1.29, 1.82) is 0 Å². The monoisotopic (exact) mass is 275 g/mol. The van der Waals surface area contributed by atoms with Gasteiger partial charge in [0.25, 0.3) is 0 Å². The van der Waals surface area contributed by atoms with Gasteiger partial charge >= 0.3 is 0 Å². The number of aryl methyl sites for hydroxylation is 2. The van der Waals surface area contributed by atoms with Crippen LogP contribution < -0.4 is 5.32 Å². The molecule has 4 heteroatoms. The van der Waals surface area contributed by atoms with Gasteiger partial charge in [0.2, 0.25) is 0 Å². The van der Waals surface area contributed by atoms with Gasteiger partial charge < -0.3 is 5.32 Å². The smallest absolute Gasteiger partial charge is 0.0900 e. The number of thiazole rings is 1. The van der Waals surface area contributed by atoms with Crippen molar-refractivity contribution in [3.05, 3.63) is 45.7 Å². The molecule has 3 nitrogen and oxygen atoms in total. The van der Waals surface area contributed by atoms with Gasteiger partial charge in [-0.2, -0.15) is 0 Å². The van der Waals surface area contributed by atoms with E-state index in [4.69, 9.17) is 0 Å². The molecule has 2 rings (SSSR count). The largest absolute Gasteiger partial charge is 0.309 e. The molecule has 0 aliphatic carbocycles. The van der Waals surface area contributed by atoms with Crippen LogP contribution in [0.1, 0.15) is 46.9 Å². The molecule has 2 atom stereocenters. The second kappa shape index (κ2) is 6.26. The van der Waals surface area contributed by atoms with Crippen LogP contribution in [-0.2, 0) is 0 Å². The fourth-order valence-electron chi connectivity index (χ4n) is 2.41. The summed E-state index contributed by atoms with van der Waals surface area (Å²) in [6.07, 6.45) is 3.72. The van der Waals surface area contributed by atoms with Crippen molar-refractivity contribution in [3.8, 4) is 0 Å². The van der Waals surface area contributed by atoms with Crippen LogP contribution in [0.4, 0.5) is 0 Å². The van der Waals surface area contributed by atoms with E-state index in [-0.39, 0.29) is 0 Å². The van der Waals surface area contributed by atoms with Crippen LogP contribution >= 0.6 is 11.3 Å². The topological polar surface area (TPSA) is 37.8 Å². The highest BCUT2D eigenvalue weighted by molar-refractivity contribution is 7.11. The molecular formula is C15H21N3S. The molecule has 2 heterocycles. The summed E-state index contributed by atoms with van der Waals surface area (Å²) in [6.45, 7) is 9.53. The van der Waals surface area contributed by atoms with Gasteiger partial charge in [0.05, 0.1) is 16.7 Å². The third kappa shape index (κ3) is 3.19. The Hall–Kier alpha value is -1.26. The van der Waals surface area contributed by atoms with Crippen molar-refractivity contribution < 1.29 is 0 Å². The summed E-state index contributed by atoms with van der Waals surface area (Å²) in [7, 11) is 0. The van der Waals surface area contributed by atoms with Crippen LogP contribution in [-0.4, -0.2) is 16.5 Å². The number of hydrogen-bond donors (Lipinski definition) is 1. The molecule has 2 aromatic rings. The van der Waals surface area contributed by atoms with Gasteiger partial charge in [0, 0.05) is 23.2 Å². The molecule has 102 valence electrons. The molecule has 0 aromatic carbocycles.